The molecule has 9 heteroatoms. The molecule has 2 N–H and O–H groups in total. The zero-order valence-corrected chi connectivity index (χ0v) is 21.8. The number of methoxy groups -OCH3 is 2. The van der Waals surface area contributed by atoms with Gasteiger partial charge in [-0.1, -0.05) is 0 Å². The van der Waals surface area contributed by atoms with Gasteiger partial charge < -0.3 is 34.3 Å². The molecule has 0 atom stereocenters. The standard InChI is InChI=1S/C26H34N4O4S/c1-6-34-21-10-8-20(9-11-21)27-26(35)30(13-7-12-29(2)3)17-19-14-18-15-23(32-4)24(33-5)16-22(18)28-25(19)31/h8-11,14-16H,6-7,12-13,17H2,1-5H3,(H,27,35)(H,28,31). The van der Waals surface area contributed by atoms with Crippen molar-refractivity contribution >= 4 is 33.9 Å². The highest BCUT2D eigenvalue weighted by Gasteiger charge is 2.15. The number of pyridine rings is 1. The number of rotatable bonds is 11. The monoisotopic (exact) mass is 498 g/mol. The summed E-state index contributed by atoms with van der Waals surface area (Å²) in [5.74, 6) is 1.98. The average molecular weight is 499 g/mol. The number of aromatic amines is 1. The molecule has 0 fully saturated rings. The Morgan fingerprint density at radius 3 is 2.34 bits per heavy atom. The summed E-state index contributed by atoms with van der Waals surface area (Å²) in [6.45, 7) is 4.55. The summed E-state index contributed by atoms with van der Waals surface area (Å²) in [5.41, 5.74) is 2.00. The van der Waals surface area contributed by atoms with Gasteiger partial charge in [0.05, 0.1) is 32.9 Å². The highest BCUT2D eigenvalue weighted by molar-refractivity contribution is 7.80. The number of thiocarbonyl (C=S) groups is 1. The summed E-state index contributed by atoms with van der Waals surface area (Å²) in [4.78, 5) is 20.1. The Bertz CT molecular complexity index is 1190. The summed E-state index contributed by atoms with van der Waals surface area (Å²) < 4.78 is 16.3. The fraction of sp³-hybridized carbons (Fsp3) is 0.385. The van der Waals surface area contributed by atoms with Gasteiger partial charge in [-0.3, -0.25) is 4.79 Å². The second-order valence-corrected chi connectivity index (χ2v) is 8.77. The summed E-state index contributed by atoms with van der Waals surface area (Å²) in [7, 11) is 7.24. The molecular formula is C26H34N4O4S. The van der Waals surface area contributed by atoms with Crippen molar-refractivity contribution in [2.45, 2.75) is 19.9 Å². The van der Waals surface area contributed by atoms with E-state index in [0.717, 1.165) is 29.8 Å². The Kier molecular flexibility index (Phi) is 9.33. The van der Waals surface area contributed by atoms with Crippen molar-refractivity contribution in [3.8, 4) is 17.2 Å². The van der Waals surface area contributed by atoms with Gasteiger partial charge in [-0.15, -0.1) is 0 Å². The molecule has 3 aromatic rings. The highest BCUT2D eigenvalue weighted by atomic mass is 32.1. The number of anilines is 1. The fourth-order valence-corrected chi connectivity index (χ4v) is 4.01. The topological polar surface area (TPSA) is 79.1 Å². The molecule has 3 rings (SSSR count). The van der Waals surface area contributed by atoms with Gasteiger partial charge in [0.15, 0.2) is 16.6 Å². The lowest BCUT2D eigenvalue weighted by Gasteiger charge is -2.26. The lowest BCUT2D eigenvalue weighted by Crippen LogP contribution is -2.37. The molecule has 0 saturated heterocycles. The molecule has 0 saturated carbocycles. The maximum Gasteiger partial charge on any atom is 0.253 e. The number of nitrogens with zero attached hydrogens (tertiary/aromatic N) is 2. The van der Waals surface area contributed by atoms with Crippen LogP contribution >= 0.6 is 12.2 Å². The molecule has 0 radical (unpaired) electrons. The van der Waals surface area contributed by atoms with Gasteiger partial charge in [0, 0.05) is 29.2 Å². The molecule has 2 aromatic carbocycles. The zero-order chi connectivity index (χ0) is 25.4. The van der Waals surface area contributed by atoms with E-state index in [4.69, 9.17) is 26.4 Å². The van der Waals surface area contributed by atoms with Crippen molar-refractivity contribution in [2.24, 2.45) is 0 Å². The number of H-pyrrole nitrogens is 1. The van der Waals surface area contributed by atoms with Crippen LogP contribution in [0.15, 0.2) is 47.3 Å². The first kappa shape index (κ1) is 26.3. The van der Waals surface area contributed by atoms with E-state index in [1.54, 1.807) is 20.3 Å². The molecule has 188 valence electrons. The second-order valence-electron chi connectivity index (χ2n) is 8.38. The van der Waals surface area contributed by atoms with Crippen molar-refractivity contribution < 1.29 is 14.2 Å². The van der Waals surface area contributed by atoms with E-state index in [2.05, 4.69) is 15.2 Å². The molecule has 0 unspecified atom stereocenters. The minimum Gasteiger partial charge on any atom is -0.494 e. The minimum absolute atomic E-state index is 0.161. The number of nitrogens with one attached hydrogen (secondary N) is 2. The van der Waals surface area contributed by atoms with Crippen LogP contribution in [0.5, 0.6) is 17.2 Å². The SMILES string of the molecule is CCOc1ccc(NC(=S)N(CCCN(C)C)Cc2cc3cc(OC)c(OC)cc3[nH]c2=O)cc1. The predicted octanol–water partition coefficient (Wildman–Crippen LogP) is 4.09. The first-order valence-electron chi connectivity index (χ1n) is 11.6. The first-order chi connectivity index (χ1) is 16.8. The third-order valence-corrected chi connectivity index (χ3v) is 5.88. The van der Waals surface area contributed by atoms with E-state index in [1.807, 2.05) is 62.3 Å². The molecular weight excluding hydrogens is 464 g/mol. The Hall–Kier alpha value is -3.30. The van der Waals surface area contributed by atoms with Crippen molar-refractivity contribution in [1.29, 1.82) is 0 Å². The zero-order valence-electron chi connectivity index (χ0n) is 21.0. The Labute approximate surface area is 211 Å². The number of hydrogen-bond donors (Lipinski definition) is 2. The largest absolute Gasteiger partial charge is 0.494 e. The van der Waals surface area contributed by atoms with Crippen LogP contribution in [-0.2, 0) is 6.54 Å². The van der Waals surface area contributed by atoms with Crippen molar-refractivity contribution in [3.63, 3.8) is 0 Å². The molecule has 0 aliphatic rings. The minimum atomic E-state index is -0.161. The predicted molar refractivity (Wildman–Crippen MR) is 145 cm³/mol. The van der Waals surface area contributed by atoms with Crippen LogP contribution in [0.2, 0.25) is 0 Å². The van der Waals surface area contributed by atoms with Gasteiger partial charge in [-0.05, 0) is 82.6 Å². The Morgan fingerprint density at radius 2 is 1.71 bits per heavy atom. The van der Waals surface area contributed by atoms with Crippen molar-refractivity contribution in [3.05, 3.63) is 58.4 Å². The number of fused-ring (bicyclic) bond motifs is 1. The van der Waals surface area contributed by atoms with Crippen LogP contribution in [0.3, 0.4) is 0 Å². The number of benzene rings is 2. The van der Waals surface area contributed by atoms with E-state index in [-0.39, 0.29) is 5.56 Å². The summed E-state index contributed by atoms with van der Waals surface area (Å²) in [5, 5.41) is 4.71. The molecule has 8 nitrogen and oxygen atoms in total. The highest BCUT2D eigenvalue weighted by Crippen LogP contribution is 2.31. The first-order valence-corrected chi connectivity index (χ1v) is 12.0. The number of hydrogen-bond acceptors (Lipinski definition) is 6. The van der Waals surface area contributed by atoms with E-state index in [1.165, 1.54) is 0 Å². The van der Waals surface area contributed by atoms with E-state index in [9.17, 15) is 4.79 Å². The Morgan fingerprint density at radius 1 is 1.03 bits per heavy atom. The Balaban J connectivity index is 1.85. The number of aromatic nitrogens is 1. The molecule has 0 aliphatic heterocycles. The van der Waals surface area contributed by atoms with Gasteiger partial charge in [0.25, 0.3) is 5.56 Å². The van der Waals surface area contributed by atoms with E-state index >= 15 is 0 Å². The second kappa shape index (κ2) is 12.4. The normalized spacial score (nSPS) is 10.9. The van der Waals surface area contributed by atoms with Gasteiger partial charge in [-0.25, -0.2) is 0 Å². The molecule has 0 aliphatic carbocycles. The van der Waals surface area contributed by atoms with Crippen LogP contribution in [0.4, 0.5) is 5.69 Å². The lowest BCUT2D eigenvalue weighted by atomic mass is 10.1. The maximum absolute atomic E-state index is 12.9. The summed E-state index contributed by atoms with van der Waals surface area (Å²) in [6.07, 6.45) is 0.897. The van der Waals surface area contributed by atoms with Gasteiger partial charge in [-0.2, -0.15) is 0 Å². The van der Waals surface area contributed by atoms with Crippen LogP contribution in [-0.4, -0.2) is 67.9 Å². The molecule has 1 heterocycles. The molecule has 1 aromatic heterocycles. The third-order valence-electron chi connectivity index (χ3n) is 5.52. The lowest BCUT2D eigenvalue weighted by molar-refractivity contribution is 0.340. The van der Waals surface area contributed by atoms with Crippen LogP contribution in [0.1, 0.15) is 18.9 Å². The van der Waals surface area contributed by atoms with Gasteiger partial charge in [0.2, 0.25) is 0 Å². The van der Waals surface area contributed by atoms with E-state index in [0.29, 0.717) is 47.4 Å². The summed E-state index contributed by atoms with van der Waals surface area (Å²) >= 11 is 5.75. The average Bonchev–Trinajstić information content (AvgIpc) is 2.84. The van der Waals surface area contributed by atoms with Gasteiger partial charge in [0.1, 0.15) is 5.75 Å². The van der Waals surface area contributed by atoms with E-state index < -0.39 is 0 Å². The smallest absolute Gasteiger partial charge is 0.253 e. The van der Waals surface area contributed by atoms with Crippen LogP contribution in [0.25, 0.3) is 10.9 Å². The quantitative estimate of drug-likeness (QED) is 0.383. The molecule has 0 amide bonds. The van der Waals surface area contributed by atoms with Crippen molar-refractivity contribution in [2.75, 3.05) is 53.3 Å². The van der Waals surface area contributed by atoms with Crippen molar-refractivity contribution in [1.82, 2.24) is 14.8 Å². The fourth-order valence-electron chi connectivity index (χ4n) is 3.74. The van der Waals surface area contributed by atoms with Crippen LogP contribution in [0, 0.1) is 0 Å². The van der Waals surface area contributed by atoms with Crippen LogP contribution < -0.4 is 25.1 Å². The summed E-state index contributed by atoms with van der Waals surface area (Å²) in [6, 6.07) is 13.2. The third kappa shape index (κ3) is 7.10. The molecule has 0 spiro atoms. The molecule has 35 heavy (non-hydrogen) atoms. The van der Waals surface area contributed by atoms with Gasteiger partial charge >= 0.3 is 0 Å². The molecule has 0 bridgehead atoms. The number of ether oxygens (including phenoxy) is 3. The maximum atomic E-state index is 12.9.